The van der Waals surface area contributed by atoms with Gasteiger partial charge in [0, 0.05) is 58.1 Å². The van der Waals surface area contributed by atoms with E-state index in [2.05, 4.69) is 30.2 Å². The zero-order chi connectivity index (χ0) is 27.4. The fourth-order valence-corrected chi connectivity index (χ4v) is 5.80. The Morgan fingerprint density at radius 3 is 2.54 bits per heavy atom. The van der Waals surface area contributed by atoms with Crippen LogP contribution in [0, 0.1) is 18.7 Å². The number of aryl methyl sites for hydroxylation is 1. The van der Waals surface area contributed by atoms with Crippen LogP contribution in [-0.4, -0.2) is 83.3 Å². The zero-order valence-electron chi connectivity index (χ0n) is 22.7. The lowest BCUT2D eigenvalue weighted by atomic mass is 9.94. The molecule has 39 heavy (non-hydrogen) atoms. The van der Waals surface area contributed by atoms with Gasteiger partial charge in [0.15, 0.2) is 0 Å². The number of anilines is 2. The molecule has 2 aromatic heterocycles. The van der Waals surface area contributed by atoms with Crippen LogP contribution in [0.1, 0.15) is 43.8 Å². The predicted octanol–water partition coefficient (Wildman–Crippen LogP) is 2.93. The summed E-state index contributed by atoms with van der Waals surface area (Å²) in [5, 5.41) is 7.89. The number of hydrogen-bond acceptors (Lipinski definition) is 7. The van der Waals surface area contributed by atoms with Gasteiger partial charge in [0.1, 0.15) is 11.6 Å². The van der Waals surface area contributed by atoms with E-state index in [0.717, 1.165) is 69.9 Å². The van der Waals surface area contributed by atoms with Crippen LogP contribution in [0.5, 0.6) is 0 Å². The average Bonchev–Trinajstić information content (AvgIpc) is 3.38. The van der Waals surface area contributed by atoms with Crippen LogP contribution in [0.25, 0.3) is 10.9 Å². The first-order valence-corrected chi connectivity index (χ1v) is 13.8. The number of carbonyl (C=O) groups excluding carboxylic acids is 2. The molecule has 0 bridgehead atoms. The number of hydrogen-bond donors (Lipinski definition) is 1. The molecular weight excluding hydrogens is 499 g/mol. The van der Waals surface area contributed by atoms with Crippen LogP contribution in [0.2, 0.25) is 0 Å². The lowest BCUT2D eigenvalue weighted by molar-refractivity contribution is -0.120. The van der Waals surface area contributed by atoms with Crippen molar-refractivity contribution in [1.82, 2.24) is 30.0 Å². The number of amides is 2. The molecule has 1 aromatic carbocycles. The Bertz CT molecular complexity index is 1280. The fraction of sp³-hybridized carbons (Fsp3) is 0.536. The highest BCUT2D eigenvalue weighted by molar-refractivity contribution is 5.97. The zero-order valence-corrected chi connectivity index (χ0v) is 22.7. The molecule has 2 amide bonds. The van der Waals surface area contributed by atoms with Crippen LogP contribution in [0.15, 0.2) is 30.7 Å². The molecule has 0 atom stereocenters. The minimum atomic E-state index is -0.425. The third kappa shape index (κ3) is 6.19. The fourth-order valence-electron chi connectivity index (χ4n) is 5.80. The molecule has 2 aliphatic heterocycles. The van der Waals surface area contributed by atoms with Crippen LogP contribution in [0.4, 0.5) is 15.9 Å². The van der Waals surface area contributed by atoms with Crippen molar-refractivity contribution in [1.29, 1.82) is 0 Å². The van der Waals surface area contributed by atoms with Crippen LogP contribution < -0.4 is 15.1 Å². The first kappa shape index (κ1) is 27.0. The third-order valence-electron chi connectivity index (χ3n) is 8.08. The lowest BCUT2D eigenvalue weighted by Crippen LogP contribution is -2.42. The van der Waals surface area contributed by atoms with Crippen molar-refractivity contribution in [2.45, 2.75) is 45.1 Å². The molecule has 2 aliphatic rings. The second-order valence-electron chi connectivity index (χ2n) is 10.6. The number of rotatable bonds is 9. The van der Waals surface area contributed by atoms with Crippen molar-refractivity contribution in [2.24, 2.45) is 5.92 Å². The van der Waals surface area contributed by atoms with Gasteiger partial charge < -0.3 is 20.0 Å². The van der Waals surface area contributed by atoms with E-state index in [9.17, 15) is 14.0 Å². The summed E-state index contributed by atoms with van der Waals surface area (Å²) in [7, 11) is 1.55. The molecule has 11 heteroatoms. The summed E-state index contributed by atoms with van der Waals surface area (Å²) in [4.78, 5) is 38.7. The molecule has 1 N–H and O–H groups in total. The smallest absolute Gasteiger partial charge is 0.221 e. The third-order valence-corrected chi connectivity index (χ3v) is 8.08. The molecule has 2 fully saturated rings. The molecule has 2 saturated heterocycles. The van der Waals surface area contributed by atoms with Gasteiger partial charge in [-0.15, -0.1) is 0 Å². The molecule has 3 aromatic rings. The number of benzene rings is 1. The quantitative estimate of drug-likeness (QED) is 0.420. The van der Waals surface area contributed by atoms with E-state index in [1.165, 1.54) is 17.0 Å². The summed E-state index contributed by atoms with van der Waals surface area (Å²) in [6.07, 6.45) is 10.4. The number of piperidine rings is 2. The maximum absolute atomic E-state index is 14.7. The van der Waals surface area contributed by atoms with E-state index >= 15 is 0 Å². The highest BCUT2D eigenvalue weighted by Gasteiger charge is 2.27. The Labute approximate surface area is 228 Å². The highest BCUT2D eigenvalue weighted by atomic mass is 19.1. The number of halogens is 1. The second-order valence-corrected chi connectivity index (χ2v) is 10.6. The van der Waals surface area contributed by atoms with Gasteiger partial charge in [0.05, 0.1) is 41.5 Å². The summed E-state index contributed by atoms with van der Waals surface area (Å²) in [5.74, 6) is 1.03. The van der Waals surface area contributed by atoms with Gasteiger partial charge in [-0.05, 0) is 50.7 Å². The average molecular weight is 537 g/mol. The summed E-state index contributed by atoms with van der Waals surface area (Å²) < 4.78 is 16.6. The molecule has 10 nitrogen and oxygen atoms in total. The Balaban J connectivity index is 1.18. The Morgan fingerprint density at radius 1 is 1.10 bits per heavy atom. The van der Waals surface area contributed by atoms with Crippen LogP contribution >= 0.6 is 0 Å². The Kier molecular flexibility index (Phi) is 8.35. The van der Waals surface area contributed by atoms with E-state index in [-0.39, 0.29) is 24.9 Å². The number of fused-ring (bicyclic) bond motifs is 1. The normalized spacial score (nSPS) is 17.5. The molecule has 0 aliphatic carbocycles. The first-order valence-electron chi connectivity index (χ1n) is 13.8. The lowest BCUT2D eigenvalue weighted by Gasteiger charge is -2.38. The minimum Gasteiger partial charge on any atom is -0.359 e. The van der Waals surface area contributed by atoms with Crippen molar-refractivity contribution >= 4 is 34.7 Å². The summed E-state index contributed by atoms with van der Waals surface area (Å²) in [5.41, 5.74) is 2.06. The molecule has 0 radical (unpaired) electrons. The number of nitrogens with zero attached hydrogens (tertiary/aromatic N) is 7. The number of carbonyl (C=O) groups is 2. The monoisotopic (exact) mass is 536 g/mol. The maximum atomic E-state index is 14.7. The molecule has 0 unspecified atom stereocenters. The molecule has 5 rings (SSSR count). The van der Waals surface area contributed by atoms with E-state index < -0.39 is 5.82 Å². The molecule has 0 saturated carbocycles. The van der Waals surface area contributed by atoms with Gasteiger partial charge in [-0.2, -0.15) is 5.10 Å². The Hall–Kier alpha value is -3.60. The van der Waals surface area contributed by atoms with Crippen molar-refractivity contribution < 1.29 is 14.0 Å². The van der Waals surface area contributed by atoms with Crippen molar-refractivity contribution in [2.75, 3.05) is 56.1 Å². The summed E-state index contributed by atoms with van der Waals surface area (Å²) >= 11 is 0. The molecular formula is C28H37FN8O2. The molecule has 0 spiro atoms. The van der Waals surface area contributed by atoms with E-state index in [0.29, 0.717) is 28.9 Å². The van der Waals surface area contributed by atoms with E-state index in [1.54, 1.807) is 13.2 Å². The van der Waals surface area contributed by atoms with Crippen molar-refractivity contribution in [3.8, 4) is 0 Å². The number of likely N-dealkylation sites (tertiary alicyclic amines) is 1. The summed E-state index contributed by atoms with van der Waals surface area (Å²) in [6.45, 7) is 7.19. The second kappa shape index (κ2) is 12.1. The van der Waals surface area contributed by atoms with Gasteiger partial charge in [0.25, 0.3) is 0 Å². The van der Waals surface area contributed by atoms with Crippen molar-refractivity contribution in [3.63, 3.8) is 0 Å². The largest absolute Gasteiger partial charge is 0.359 e. The van der Waals surface area contributed by atoms with Gasteiger partial charge in [-0.25, -0.2) is 9.37 Å². The van der Waals surface area contributed by atoms with Crippen LogP contribution in [-0.2, 0) is 9.59 Å². The first-order chi connectivity index (χ1) is 18.9. The Morgan fingerprint density at radius 2 is 1.87 bits per heavy atom. The van der Waals surface area contributed by atoms with Gasteiger partial charge in [0.2, 0.25) is 12.3 Å². The van der Waals surface area contributed by atoms with Crippen molar-refractivity contribution in [3.05, 3.63) is 42.2 Å². The summed E-state index contributed by atoms with van der Waals surface area (Å²) in [6, 6.07) is 3.00. The SMILES string of the molecule is CNC(=O)CCN(C=O)c1cc(F)cc2c1cnn2C1CCN(CC2CCN(c3cnc(C)cn3)CC2)CC1. The van der Waals surface area contributed by atoms with Gasteiger partial charge in [-0.1, -0.05) is 0 Å². The predicted molar refractivity (Wildman–Crippen MR) is 148 cm³/mol. The topological polar surface area (TPSA) is 99.5 Å². The maximum Gasteiger partial charge on any atom is 0.221 e. The van der Waals surface area contributed by atoms with E-state index in [1.807, 2.05) is 24.0 Å². The van der Waals surface area contributed by atoms with E-state index in [4.69, 9.17) is 0 Å². The van der Waals surface area contributed by atoms with Crippen LogP contribution in [0.3, 0.4) is 0 Å². The molecule has 4 heterocycles. The number of aromatic nitrogens is 4. The number of nitrogens with one attached hydrogen (secondary N) is 1. The highest BCUT2D eigenvalue weighted by Crippen LogP contribution is 2.33. The molecule has 208 valence electrons. The van der Waals surface area contributed by atoms with Gasteiger partial charge >= 0.3 is 0 Å². The minimum absolute atomic E-state index is 0.138. The van der Waals surface area contributed by atoms with Gasteiger partial charge in [-0.3, -0.25) is 19.3 Å². The standard InChI is InChI=1S/C28H37FN8O2/c1-20-15-32-27(17-31-20)35-10-3-21(4-11-35)18-34-8-5-23(6-9-34)37-26-14-22(29)13-25(24(26)16-33-37)36(19-38)12-7-28(39)30-2/h13-17,19,21,23H,3-12,18H2,1-2H3,(H,30,39).